The lowest BCUT2D eigenvalue weighted by Crippen LogP contribution is -2.13. The van der Waals surface area contributed by atoms with Gasteiger partial charge in [-0.1, -0.05) is 65.8 Å². The summed E-state index contributed by atoms with van der Waals surface area (Å²) in [7, 11) is -3.76. The van der Waals surface area contributed by atoms with Crippen LogP contribution in [0.25, 0.3) is 22.1 Å². The fourth-order valence-electron chi connectivity index (χ4n) is 2.65. The lowest BCUT2D eigenvalue weighted by atomic mass is 10.1. The van der Waals surface area contributed by atoms with Crippen LogP contribution in [0.3, 0.4) is 0 Å². The van der Waals surface area contributed by atoms with E-state index in [-0.39, 0.29) is 4.90 Å². The summed E-state index contributed by atoms with van der Waals surface area (Å²) in [6.45, 7) is 0. The maximum Gasteiger partial charge on any atom is 0.262 e. The summed E-state index contributed by atoms with van der Waals surface area (Å²) in [4.78, 5) is 0.186. The number of hydrogen-bond donors (Lipinski definition) is 1. The molecule has 6 heteroatoms. The van der Waals surface area contributed by atoms with Crippen molar-refractivity contribution in [1.29, 1.82) is 0 Å². The van der Waals surface area contributed by atoms with Gasteiger partial charge in [0.1, 0.15) is 5.69 Å². The Morgan fingerprint density at radius 1 is 0.840 bits per heavy atom. The third kappa shape index (κ3) is 2.99. The molecule has 124 valence electrons. The van der Waals surface area contributed by atoms with E-state index in [1.807, 2.05) is 54.6 Å². The molecule has 0 saturated carbocycles. The van der Waals surface area contributed by atoms with E-state index >= 15 is 0 Å². The Hall–Kier alpha value is -3.12. The molecule has 1 N–H and O–H groups in total. The molecule has 1 aromatic heterocycles. The minimum Gasteiger partial charge on any atom is -0.354 e. The van der Waals surface area contributed by atoms with Gasteiger partial charge in [-0.15, -0.1) is 0 Å². The molecule has 5 nitrogen and oxygen atoms in total. The molecule has 0 saturated heterocycles. The van der Waals surface area contributed by atoms with Gasteiger partial charge in [0.25, 0.3) is 10.0 Å². The first-order chi connectivity index (χ1) is 12.1. The highest BCUT2D eigenvalue weighted by Crippen LogP contribution is 2.29. The van der Waals surface area contributed by atoms with Gasteiger partial charge in [-0.3, -0.25) is 4.72 Å². The molecule has 4 aromatic rings. The number of rotatable bonds is 4. The number of aromatic nitrogens is 1. The molecule has 0 fully saturated rings. The van der Waals surface area contributed by atoms with E-state index in [4.69, 9.17) is 4.52 Å². The Kier molecular flexibility index (Phi) is 3.74. The van der Waals surface area contributed by atoms with Gasteiger partial charge in [0.15, 0.2) is 5.76 Å². The first-order valence-electron chi connectivity index (χ1n) is 7.65. The molecular weight excluding hydrogens is 336 g/mol. The smallest absolute Gasteiger partial charge is 0.262 e. The van der Waals surface area contributed by atoms with Gasteiger partial charge in [0, 0.05) is 5.56 Å². The molecule has 0 amide bonds. The average Bonchev–Trinajstić information content (AvgIpc) is 3.09. The fraction of sp³-hybridized carbons (Fsp3) is 0. The van der Waals surface area contributed by atoms with Crippen LogP contribution in [0.4, 0.5) is 5.69 Å². The summed E-state index contributed by atoms with van der Waals surface area (Å²) in [5, 5.41) is 5.57. The lowest BCUT2D eigenvalue weighted by molar-refractivity contribution is 0.432. The highest BCUT2D eigenvalue weighted by atomic mass is 32.2. The zero-order valence-electron chi connectivity index (χ0n) is 13.1. The Bertz CT molecular complexity index is 1140. The molecule has 0 aliphatic heterocycles. The van der Waals surface area contributed by atoms with Gasteiger partial charge in [0.2, 0.25) is 0 Å². The van der Waals surface area contributed by atoms with Gasteiger partial charge >= 0.3 is 0 Å². The Balaban J connectivity index is 1.71. The normalized spacial score (nSPS) is 11.5. The molecule has 0 spiro atoms. The predicted octanol–water partition coefficient (Wildman–Crippen LogP) is 4.30. The second kappa shape index (κ2) is 6.07. The number of anilines is 1. The summed E-state index contributed by atoms with van der Waals surface area (Å²) < 4.78 is 33.3. The zero-order chi connectivity index (χ0) is 17.3. The Labute approximate surface area is 145 Å². The number of benzene rings is 3. The van der Waals surface area contributed by atoms with E-state index in [2.05, 4.69) is 9.88 Å². The maximum absolute atomic E-state index is 12.7. The standard InChI is InChI=1S/C19H14N2O3S/c22-25(23,17-11-10-14-6-4-5-9-16(14)12-17)21-18-13-20-24-19(18)15-7-2-1-3-8-15/h1-13,21H. The van der Waals surface area contributed by atoms with E-state index in [0.717, 1.165) is 16.3 Å². The van der Waals surface area contributed by atoms with E-state index < -0.39 is 10.0 Å². The van der Waals surface area contributed by atoms with Crippen molar-refractivity contribution in [3.63, 3.8) is 0 Å². The molecule has 1 heterocycles. The van der Waals surface area contributed by atoms with Gasteiger partial charge < -0.3 is 4.52 Å². The second-order valence-electron chi connectivity index (χ2n) is 5.55. The van der Waals surface area contributed by atoms with Crippen molar-refractivity contribution in [2.75, 3.05) is 4.72 Å². The van der Waals surface area contributed by atoms with Crippen LogP contribution in [0, 0.1) is 0 Å². The van der Waals surface area contributed by atoms with Crippen LogP contribution in [0.5, 0.6) is 0 Å². The summed E-state index contributed by atoms with van der Waals surface area (Å²) in [6.07, 6.45) is 1.36. The highest BCUT2D eigenvalue weighted by molar-refractivity contribution is 7.92. The summed E-state index contributed by atoms with van der Waals surface area (Å²) in [5.74, 6) is 0.380. The van der Waals surface area contributed by atoms with E-state index in [1.54, 1.807) is 18.2 Å². The van der Waals surface area contributed by atoms with Crippen LogP contribution in [0.15, 0.2) is 88.4 Å². The van der Waals surface area contributed by atoms with Crippen LogP contribution >= 0.6 is 0 Å². The first-order valence-corrected chi connectivity index (χ1v) is 9.13. The Morgan fingerprint density at radius 2 is 1.56 bits per heavy atom. The van der Waals surface area contributed by atoms with Crippen molar-refractivity contribution in [1.82, 2.24) is 5.16 Å². The van der Waals surface area contributed by atoms with Crippen LogP contribution in [0.2, 0.25) is 0 Å². The zero-order valence-corrected chi connectivity index (χ0v) is 13.9. The molecule has 0 bridgehead atoms. The van der Waals surface area contributed by atoms with Crippen LogP contribution in [-0.4, -0.2) is 13.6 Å². The quantitative estimate of drug-likeness (QED) is 0.596. The molecule has 0 radical (unpaired) electrons. The average molecular weight is 350 g/mol. The van der Waals surface area contributed by atoms with Gasteiger partial charge in [0.05, 0.1) is 11.1 Å². The van der Waals surface area contributed by atoms with Crippen LogP contribution < -0.4 is 4.72 Å². The molecule has 4 rings (SSSR count). The number of fused-ring (bicyclic) bond motifs is 1. The van der Waals surface area contributed by atoms with Crippen molar-refractivity contribution in [3.8, 4) is 11.3 Å². The van der Waals surface area contributed by atoms with E-state index in [1.165, 1.54) is 6.20 Å². The summed E-state index contributed by atoms with van der Waals surface area (Å²) in [6, 6.07) is 21.8. The molecule has 0 atom stereocenters. The summed E-state index contributed by atoms with van der Waals surface area (Å²) in [5.41, 5.74) is 1.05. The monoisotopic (exact) mass is 350 g/mol. The molecule has 3 aromatic carbocycles. The maximum atomic E-state index is 12.7. The largest absolute Gasteiger partial charge is 0.354 e. The van der Waals surface area contributed by atoms with E-state index in [9.17, 15) is 8.42 Å². The SMILES string of the molecule is O=S(=O)(Nc1cnoc1-c1ccccc1)c1ccc2ccccc2c1. The fourth-order valence-corrected chi connectivity index (χ4v) is 3.73. The van der Waals surface area contributed by atoms with Crippen LogP contribution in [0.1, 0.15) is 0 Å². The van der Waals surface area contributed by atoms with Gasteiger partial charge in [-0.05, 0) is 22.9 Å². The lowest BCUT2D eigenvalue weighted by Gasteiger charge is -2.08. The predicted molar refractivity (Wildman–Crippen MR) is 96.7 cm³/mol. The number of hydrogen-bond acceptors (Lipinski definition) is 4. The first kappa shape index (κ1) is 15.4. The minimum atomic E-state index is -3.76. The van der Waals surface area contributed by atoms with Crippen LogP contribution in [-0.2, 0) is 10.0 Å². The minimum absolute atomic E-state index is 0.186. The second-order valence-corrected chi connectivity index (χ2v) is 7.23. The molecule has 0 aliphatic carbocycles. The third-order valence-electron chi connectivity index (χ3n) is 3.88. The van der Waals surface area contributed by atoms with E-state index in [0.29, 0.717) is 11.4 Å². The highest BCUT2D eigenvalue weighted by Gasteiger charge is 2.19. The van der Waals surface area contributed by atoms with Gasteiger partial charge in [-0.25, -0.2) is 8.42 Å². The molecule has 25 heavy (non-hydrogen) atoms. The molecule has 0 aliphatic rings. The number of sulfonamides is 1. The van der Waals surface area contributed by atoms with Gasteiger partial charge in [-0.2, -0.15) is 0 Å². The molecule has 0 unspecified atom stereocenters. The van der Waals surface area contributed by atoms with Crippen molar-refractivity contribution < 1.29 is 12.9 Å². The topological polar surface area (TPSA) is 72.2 Å². The Morgan fingerprint density at radius 3 is 2.36 bits per heavy atom. The molecular formula is C19H14N2O3S. The third-order valence-corrected chi connectivity index (χ3v) is 5.25. The number of nitrogens with zero attached hydrogens (tertiary/aromatic N) is 1. The van der Waals surface area contributed by atoms with Crippen molar-refractivity contribution in [2.24, 2.45) is 0 Å². The van der Waals surface area contributed by atoms with Crippen molar-refractivity contribution in [2.45, 2.75) is 4.90 Å². The van der Waals surface area contributed by atoms with Crippen molar-refractivity contribution >= 4 is 26.5 Å². The summed E-state index contributed by atoms with van der Waals surface area (Å²) >= 11 is 0. The number of nitrogens with one attached hydrogen (secondary N) is 1. The van der Waals surface area contributed by atoms with Crippen molar-refractivity contribution in [3.05, 3.63) is 79.0 Å².